The second kappa shape index (κ2) is 13.2. The number of carbonyl (C=O) groups is 1. The highest BCUT2D eigenvalue weighted by molar-refractivity contribution is 7.80. The number of benzene rings is 3. The predicted octanol–water partition coefficient (Wildman–Crippen LogP) is 4.68. The summed E-state index contributed by atoms with van der Waals surface area (Å²) in [5.41, 5.74) is 2.85. The van der Waals surface area contributed by atoms with Crippen molar-refractivity contribution in [2.75, 3.05) is 13.6 Å². The van der Waals surface area contributed by atoms with Crippen molar-refractivity contribution in [1.29, 1.82) is 0 Å². The van der Waals surface area contributed by atoms with Crippen molar-refractivity contribution in [3.8, 4) is 0 Å². The summed E-state index contributed by atoms with van der Waals surface area (Å²) in [5, 5.41) is 20.2. The van der Waals surface area contributed by atoms with Crippen LogP contribution in [-0.4, -0.2) is 50.0 Å². The molecule has 0 aliphatic heterocycles. The van der Waals surface area contributed by atoms with Gasteiger partial charge in [-0.2, -0.15) is 0 Å². The zero-order valence-corrected chi connectivity index (χ0v) is 23.7. The van der Waals surface area contributed by atoms with Crippen molar-refractivity contribution in [3.63, 3.8) is 0 Å². The number of non-ortho nitro benzene ring substituents is 1. The fraction of sp³-hybridized carbons (Fsp3) is 0.300. The Morgan fingerprint density at radius 1 is 1.10 bits per heavy atom. The molecule has 1 atom stereocenters. The number of fused-ring (bicyclic) bond motifs is 1. The Kier molecular flexibility index (Phi) is 9.44. The van der Waals surface area contributed by atoms with E-state index in [0.717, 1.165) is 11.3 Å². The van der Waals surface area contributed by atoms with E-state index in [1.165, 1.54) is 28.5 Å². The van der Waals surface area contributed by atoms with Crippen molar-refractivity contribution >= 4 is 39.7 Å². The maximum atomic E-state index is 13.2. The van der Waals surface area contributed by atoms with Crippen molar-refractivity contribution in [2.24, 2.45) is 5.92 Å². The Hall–Kier alpha value is -4.31. The van der Waals surface area contributed by atoms with Crippen LogP contribution in [0, 0.1) is 16.0 Å². The van der Waals surface area contributed by atoms with E-state index in [2.05, 4.69) is 64.7 Å². The first-order valence-electron chi connectivity index (χ1n) is 13.2. The summed E-state index contributed by atoms with van der Waals surface area (Å²) in [6.07, 6.45) is 3.51. The van der Waals surface area contributed by atoms with Crippen molar-refractivity contribution in [1.82, 2.24) is 25.1 Å². The van der Waals surface area contributed by atoms with E-state index in [4.69, 9.17) is 12.2 Å². The second-order valence-corrected chi connectivity index (χ2v) is 10.5. The summed E-state index contributed by atoms with van der Waals surface area (Å²) in [5.74, 6) is 0.0632. The molecule has 2 N–H and O–H groups in total. The molecule has 1 amide bonds. The first kappa shape index (κ1) is 28.7. The Bertz CT molecular complexity index is 1480. The fourth-order valence-electron chi connectivity index (χ4n) is 4.65. The van der Waals surface area contributed by atoms with Crippen LogP contribution in [-0.2, 0) is 24.3 Å². The highest BCUT2D eigenvalue weighted by Gasteiger charge is 2.22. The van der Waals surface area contributed by atoms with E-state index in [-0.39, 0.29) is 30.0 Å². The number of hydrogen-bond donors (Lipinski definition) is 2. The van der Waals surface area contributed by atoms with Gasteiger partial charge < -0.3 is 20.1 Å². The van der Waals surface area contributed by atoms with Crippen LogP contribution in [0.5, 0.6) is 0 Å². The van der Waals surface area contributed by atoms with Crippen LogP contribution in [0.4, 0.5) is 5.69 Å². The van der Waals surface area contributed by atoms with Crippen LogP contribution < -0.4 is 10.6 Å². The summed E-state index contributed by atoms with van der Waals surface area (Å²) in [4.78, 5) is 30.0. The molecule has 10 heteroatoms. The lowest BCUT2D eigenvalue weighted by Gasteiger charge is -2.32. The predicted molar refractivity (Wildman–Crippen MR) is 161 cm³/mol. The van der Waals surface area contributed by atoms with Gasteiger partial charge in [0.15, 0.2) is 5.11 Å². The van der Waals surface area contributed by atoms with Crippen molar-refractivity contribution in [2.45, 2.75) is 39.4 Å². The third-order valence-corrected chi connectivity index (χ3v) is 7.41. The number of aromatic nitrogens is 2. The van der Waals surface area contributed by atoms with E-state index < -0.39 is 4.92 Å². The summed E-state index contributed by atoms with van der Waals surface area (Å²) < 4.78 is 1.88. The van der Waals surface area contributed by atoms with E-state index in [1.807, 2.05) is 23.7 Å². The van der Waals surface area contributed by atoms with Crippen LogP contribution in [0.3, 0.4) is 0 Å². The minimum atomic E-state index is -0.422. The number of nitro groups is 1. The zero-order chi connectivity index (χ0) is 28.6. The number of carbonyl (C=O) groups excluding carboxylic acids is 1. The highest BCUT2D eigenvalue weighted by atomic mass is 32.1. The largest absolute Gasteiger partial charge is 0.366 e. The maximum absolute atomic E-state index is 13.2. The normalized spacial score (nSPS) is 11.8. The maximum Gasteiger partial charge on any atom is 0.269 e. The number of hydrogen-bond acceptors (Lipinski definition) is 5. The number of rotatable bonds is 11. The molecule has 208 valence electrons. The SMILES string of the molecule is CNC(=S)N(Cc1cccc2ccccc12)C[C@@H](NC(=O)Cc1cncn1Cc1ccc([N+](=O)[O-])cc1)C(C)C. The Morgan fingerprint density at radius 2 is 1.82 bits per heavy atom. The summed E-state index contributed by atoms with van der Waals surface area (Å²) >= 11 is 5.67. The van der Waals surface area contributed by atoms with Gasteiger partial charge in [-0.05, 0) is 40.0 Å². The lowest BCUT2D eigenvalue weighted by molar-refractivity contribution is -0.384. The van der Waals surface area contributed by atoms with Gasteiger partial charge in [-0.1, -0.05) is 68.4 Å². The third kappa shape index (κ3) is 7.20. The van der Waals surface area contributed by atoms with Gasteiger partial charge in [0.1, 0.15) is 0 Å². The molecule has 3 aromatic carbocycles. The van der Waals surface area contributed by atoms with Crippen LogP contribution in [0.25, 0.3) is 10.8 Å². The molecule has 0 aliphatic carbocycles. The number of nitrogens with zero attached hydrogens (tertiary/aromatic N) is 4. The Balaban J connectivity index is 1.44. The lowest BCUT2D eigenvalue weighted by atomic mass is 10.0. The van der Waals surface area contributed by atoms with E-state index >= 15 is 0 Å². The molecule has 0 spiro atoms. The van der Waals surface area contributed by atoms with Gasteiger partial charge in [0, 0.05) is 56.7 Å². The molecule has 0 bridgehead atoms. The van der Waals surface area contributed by atoms with Crippen molar-refractivity contribution < 1.29 is 9.72 Å². The molecule has 4 rings (SSSR count). The third-order valence-electron chi connectivity index (χ3n) is 6.95. The van der Waals surface area contributed by atoms with Gasteiger partial charge in [-0.3, -0.25) is 14.9 Å². The molecule has 0 saturated carbocycles. The molecule has 0 saturated heterocycles. The number of nitro benzene ring substituents is 1. The first-order chi connectivity index (χ1) is 19.2. The average molecular weight is 559 g/mol. The molecular weight excluding hydrogens is 524 g/mol. The zero-order valence-electron chi connectivity index (χ0n) is 22.9. The standard InChI is InChI=1S/C30H34N6O3S/c1-21(2)28(19-34(30(40)31-3)18-24-9-6-8-23-7-4-5-10-27(23)24)33-29(37)15-26-16-32-20-35(26)17-22-11-13-25(14-12-22)36(38)39/h4-14,16,20-21,28H,15,17-19H2,1-3H3,(H,31,40)(H,33,37)/t28-/m1/s1. The summed E-state index contributed by atoms with van der Waals surface area (Å²) in [7, 11) is 1.81. The molecule has 40 heavy (non-hydrogen) atoms. The van der Waals surface area contributed by atoms with Gasteiger partial charge in [0.25, 0.3) is 5.69 Å². The molecular formula is C30H34N6O3S. The molecule has 1 heterocycles. The molecule has 0 radical (unpaired) electrons. The molecule has 9 nitrogen and oxygen atoms in total. The van der Waals surface area contributed by atoms with Crippen LogP contribution in [0.15, 0.2) is 79.3 Å². The van der Waals surface area contributed by atoms with Crippen LogP contribution in [0.2, 0.25) is 0 Å². The number of nitrogens with one attached hydrogen (secondary N) is 2. The van der Waals surface area contributed by atoms with Crippen LogP contribution in [0.1, 0.15) is 30.7 Å². The minimum absolute atomic E-state index is 0.0426. The Morgan fingerprint density at radius 3 is 2.52 bits per heavy atom. The van der Waals surface area contributed by atoms with E-state index in [1.54, 1.807) is 24.7 Å². The van der Waals surface area contributed by atoms with E-state index in [0.29, 0.717) is 24.7 Å². The van der Waals surface area contributed by atoms with Gasteiger partial charge in [-0.15, -0.1) is 0 Å². The second-order valence-electron chi connectivity index (χ2n) is 10.1. The molecule has 0 fully saturated rings. The molecule has 0 unspecified atom stereocenters. The van der Waals surface area contributed by atoms with E-state index in [9.17, 15) is 14.9 Å². The van der Waals surface area contributed by atoms with Crippen molar-refractivity contribution in [3.05, 3.63) is 106 Å². The summed E-state index contributed by atoms with van der Waals surface area (Å²) in [6.45, 7) is 5.80. The minimum Gasteiger partial charge on any atom is -0.366 e. The number of imidazole rings is 1. The fourth-order valence-corrected chi connectivity index (χ4v) is 4.79. The Labute approximate surface area is 239 Å². The monoisotopic (exact) mass is 558 g/mol. The summed E-state index contributed by atoms with van der Waals surface area (Å²) in [6, 6.07) is 20.8. The van der Waals surface area contributed by atoms with Gasteiger partial charge in [-0.25, -0.2) is 4.98 Å². The molecule has 4 aromatic rings. The average Bonchev–Trinajstić information content (AvgIpc) is 3.37. The van der Waals surface area contributed by atoms with Gasteiger partial charge in [0.05, 0.1) is 17.7 Å². The van der Waals surface area contributed by atoms with Gasteiger partial charge in [0.2, 0.25) is 5.91 Å². The first-order valence-corrected chi connectivity index (χ1v) is 13.6. The quantitative estimate of drug-likeness (QED) is 0.156. The topological polar surface area (TPSA) is 105 Å². The highest BCUT2D eigenvalue weighted by Crippen LogP contribution is 2.21. The molecule has 0 aliphatic rings. The van der Waals surface area contributed by atoms with Gasteiger partial charge >= 0.3 is 0 Å². The number of amides is 1. The van der Waals surface area contributed by atoms with Crippen LogP contribution >= 0.6 is 12.2 Å². The lowest BCUT2D eigenvalue weighted by Crippen LogP contribution is -2.50. The smallest absolute Gasteiger partial charge is 0.269 e. The molecule has 1 aromatic heterocycles. The number of thiocarbonyl (C=S) groups is 1.